The summed E-state index contributed by atoms with van der Waals surface area (Å²) in [6.45, 7) is 9.41. The van der Waals surface area contributed by atoms with Crippen molar-refractivity contribution in [2.45, 2.75) is 65.1 Å². The van der Waals surface area contributed by atoms with Crippen LogP contribution >= 0.6 is 0 Å². The molecule has 0 bridgehead atoms. The van der Waals surface area contributed by atoms with Crippen LogP contribution in [-0.4, -0.2) is 20.7 Å². The van der Waals surface area contributed by atoms with Crippen molar-refractivity contribution in [1.29, 1.82) is 0 Å². The topological polar surface area (TPSA) is 26.3 Å². The predicted molar refractivity (Wildman–Crippen MR) is 67.7 cm³/mol. The molecule has 0 aliphatic heterocycles. The van der Waals surface area contributed by atoms with E-state index in [4.69, 9.17) is 4.43 Å². The predicted octanol–water partition coefficient (Wildman–Crippen LogP) is 3.77. The third-order valence-corrected chi connectivity index (χ3v) is 8.02. The van der Waals surface area contributed by atoms with Crippen LogP contribution in [0.3, 0.4) is 0 Å². The van der Waals surface area contributed by atoms with E-state index >= 15 is 0 Å². The van der Waals surface area contributed by atoms with Crippen LogP contribution < -0.4 is 0 Å². The fourth-order valence-corrected chi connectivity index (χ4v) is 4.48. The van der Waals surface area contributed by atoms with E-state index in [9.17, 15) is 4.79 Å². The van der Waals surface area contributed by atoms with Gasteiger partial charge in [0.1, 0.15) is 5.78 Å². The molecule has 0 saturated carbocycles. The van der Waals surface area contributed by atoms with Gasteiger partial charge in [0.05, 0.1) is 0 Å². The first-order valence-corrected chi connectivity index (χ1v) is 8.82. The van der Waals surface area contributed by atoms with Gasteiger partial charge >= 0.3 is 0 Å². The Morgan fingerprint density at radius 3 is 2.00 bits per heavy atom. The molecule has 0 saturated heterocycles. The minimum Gasteiger partial charge on any atom is -0.417 e. The molecular weight excluding hydrogens is 204 g/mol. The van der Waals surface area contributed by atoms with Crippen molar-refractivity contribution in [3.63, 3.8) is 0 Å². The summed E-state index contributed by atoms with van der Waals surface area (Å²) >= 11 is 0. The van der Waals surface area contributed by atoms with Gasteiger partial charge in [0.25, 0.3) is 0 Å². The molecule has 2 nitrogen and oxygen atoms in total. The average molecular weight is 230 g/mol. The Morgan fingerprint density at radius 1 is 1.07 bits per heavy atom. The smallest absolute Gasteiger partial charge is 0.191 e. The fourth-order valence-electron chi connectivity index (χ4n) is 1.79. The minimum absolute atomic E-state index is 0.357. The SMILES string of the molecule is CCC(=O)CCCO[Si](CC)(CC)CC. The van der Waals surface area contributed by atoms with Crippen molar-refractivity contribution in [2.24, 2.45) is 0 Å². The van der Waals surface area contributed by atoms with E-state index in [1.807, 2.05) is 6.92 Å². The molecule has 0 heterocycles. The van der Waals surface area contributed by atoms with Crippen molar-refractivity contribution >= 4 is 14.1 Å². The second-order valence-corrected chi connectivity index (χ2v) is 8.86. The summed E-state index contributed by atoms with van der Waals surface area (Å²) in [7, 11) is -1.41. The summed E-state index contributed by atoms with van der Waals surface area (Å²) in [6, 6.07) is 3.59. The number of rotatable bonds is 9. The fraction of sp³-hybridized carbons (Fsp3) is 0.917. The standard InChI is InChI=1S/C12H26O2Si/c1-5-12(13)10-9-11-14-15(6-2,7-3)8-4/h5-11H2,1-4H3. The van der Waals surface area contributed by atoms with E-state index in [1.165, 1.54) is 18.1 Å². The summed E-state index contributed by atoms with van der Waals surface area (Å²) in [4.78, 5) is 11.1. The van der Waals surface area contributed by atoms with Gasteiger partial charge in [-0.05, 0) is 24.6 Å². The van der Waals surface area contributed by atoms with Gasteiger partial charge in [-0.25, -0.2) is 0 Å². The maximum Gasteiger partial charge on any atom is 0.191 e. The molecule has 0 amide bonds. The highest BCUT2D eigenvalue weighted by Gasteiger charge is 2.28. The van der Waals surface area contributed by atoms with Gasteiger partial charge in [-0.3, -0.25) is 4.79 Å². The molecule has 0 aromatic heterocycles. The minimum atomic E-state index is -1.41. The monoisotopic (exact) mass is 230 g/mol. The summed E-state index contributed by atoms with van der Waals surface area (Å²) in [5.41, 5.74) is 0. The van der Waals surface area contributed by atoms with E-state index in [2.05, 4.69) is 20.8 Å². The van der Waals surface area contributed by atoms with E-state index in [0.717, 1.165) is 13.0 Å². The first kappa shape index (κ1) is 14.8. The van der Waals surface area contributed by atoms with Crippen LogP contribution in [0.4, 0.5) is 0 Å². The van der Waals surface area contributed by atoms with Crippen LogP contribution in [0.2, 0.25) is 18.1 Å². The lowest BCUT2D eigenvalue weighted by Gasteiger charge is -2.27. The van der Waals surface area contributed by atoms with Gasteiger partial charge in [-0.1, -0.05) is 27.7 Å². The van der Waals surface area contributed by atoms with Crippen LogP contribution in [0.1, 0.15) is 47.0 Å². The van der Waals surface area contributed by atoms with Crippen LogP contribution in [0.5, 0.6) is 0 Å². The van der Waals surface area contributed by atoms with Gasteiger partial charge in [-0.15, -0.1) is 0 Å². The Labute approximate surface area is 95.5 Å². The molecule has 0 fully saturated rings. The molecule has 0 aromatic rings. The van der Waals surface area contributed by atoms with Gasteiger partial charge in [0.15, 0.2) is 8.32 Å². The van der Waals surface area contributed by atoms with Crippen molar-refractivity contribution in [1.82, 2.24) is 0 Å². The Kier molecular flexibility index (Phi) is 7.97. The van der Waals surface area contributed by atoms with Crippen molar-refractivity contribution in [2.75, 3.05) is 6.61 Å². The Morgan fingerprint density at radius 2 is 1.60 bits per heavy atom. The molecule has 15 heavy (non-hydrogen) atoms. The summed E-state index contributed by atoms with van der Waals surface area (Å²) in [6.07, 6.45) is 2.26. The third-order valence-electron chi connectivity index (χ3n) is 3.34. The van der Waals surface area contributed by atoms with E-state index in [1.54, 1.807) is 0 Å². The summed E-state index contributed by atoms with van der Waals surface area (Å²) in [5.74, 6) is 0.357. The number of carbonyl (C=O) groups excluding carboxylic acids is 1. The molecule has 0 rings (SSSR count). The highest BCUT2D eigenvalue weighted by atomic mass is 28.4. The zero-order valence-electron chi connectivity index (χ0n) is 10.8. The van der Waals surface area contributed by atoms with Crippen LogP contribution in [0.25, 0.3) is 0 Å². The molecule has 0 aliphatic rings. The molecule has 0 N–H and O–H groups in total. The Bertz CT molecular complexity index is 168. The Balaban J connectivity index is 3.76. The summed E-state index contributed by atoms with van der Waals surface area (Å²) in [5, 5.41) is 0. The van der Waals surface area contributed by atoms with Crippen molar-refractivity contribution in [3.05, 3.63) is 0 Å². The molecule has 0 atom stereocenters. The quantitative estimate of drug-likeness (QED) is 0.445. The van der Waals surface area contributed by atoms with Gasteiger partial charge < -0.3 is 4.43 Å². The maximum atomic E-state index is 11.1. The van der Waals surface area contributed by atoms with E-state index in [0.29, 0.717) is 18.6 Å². The molecule has 3 heteroatoms. The second kappa shape index (κ2) is 8.05. The van der Waals surface area contributed by atoms with Crippen LogP contribution in [0.15, 0.2) is 0 Å². The molecule has 0 aliphatic carbocycles. The molecule has 0 aromatic carbocycles. The van der Waals surface area contributed by atoms with Crippen LogP contribution in [-0.2, 0) is 9.22 Å². The normalized spacial score (nSPS) is 11.7. The number of ketones is 1. The lowest BCUT2D eigenvalue weighted by atomic mass is 10.2. The highest BCUT2D eigenvalue weighted by Crippen LogP contribution is 2.21. The Hall–Kier alpha value is -0.153. The highest BCUT2D eigenvalue weighted by molar-refractivity contribution is 6.73. The molecule has 0 unspecified atom stereocenters. The lowest BCUT2D eigenvalue weighted by Crippen LogP contribution is -2.36. The number of hydrogen-bond acceptors (Lipinski definition) is 2. The van der Waals surface area contributed by atoms with Crippen LogP contribution in [0, 0.1) is 0 Å². The number of carbonyl (C=O) groups is 1. The van der Waals surface area contributed by atoms with E-state index in [-0.39, 0.29) is 0 Å². The molecule has 0 radical (unpaired) electrons. The largest absolute Gasteiger partial charge is 0.417 e. The first-order chi connectivity index (χ1) is 7.14. The first-order valence-electron chi connectivity index (χ1n) is 6.29. The van der Waals surface area contributed by atoms with Crippen molar-refractivity contribution in [3.8, 4) is 0 Å². The third kappa shape index (κ3) is 5.47. The molecule has 0 spiro atoms. The average Bonchev–Trinajstić information content (AvgIpc) is 2.30. The van der Waals surface area contributed by atoms with Gasteiger partial charge in [0, 0.05) is 19.4 Å². The maximum absolute atomic E-state index is 11.1. The zero-order chi connectivity index (χ0) is 11.7. The van der Waals surface area contributed by atoms with Gasteiger partial charge in [-0.2, -0.15) is 0 Å². The van der Waals surface area contributed by atoms with Gasteiger partial charge in [0.2, 0.25) is 0 Å². The lowest BCUT2D eigenvalue weighted by molar-refractivity contribution is -0.119. The van der Waals surface area contributed by atoms with Crippen molar-refractivity contribution < 1.29 is 9.22 Å². The van der Waals surface area contributed by atoms with E-state index < -0.39 is 8.32 Å². The zero-order valence-corrected chi connectivity index (χ0v) is 11.8. The number of hydrogen-bond donors (Lipinski definition) is 0. The summed E-state index contributed by atoms with van der Waals surface area (Å²) < 4.78 is 6.06. The molecule has 90 valence electrons. The molecular formula is C12H26O2Si. The number of Topliss-reactive ketones (excluding diaryl/α,β-unsaturated/α-hetero) is 1. The second-order valence-electron chi connectivity index (χ2n) is 4.09.